The number of rotatable bonds is 7. The minimum atomic E-state index is -0.587. The van der Waals surface area contributed by atoms with Crippen molar-refractivity contribution >= 4 is 5.97 Å². The van der Waals surface area contributed by atoms with E-state index >= 15 is 0 Å². The van der Waals surface area contributed by atoms with Gasteiger partial charge in [-0.15, -0.1) is 0 Å². The summed E-state index contributed by atoms with van der Waals surface area (Å²) in [4.78, 5) is 11.2. The van der Waals surface area contributed by atoms with Crippen LogP contribution in [0.2, 0.25) is 0 Å². The van der Waals surface area contributed by atoms with Crippen molar-refractivity contribution in [1.82, 2.24) is 5.32 Å². The maximum Gasteiger partial charge on any atom is 0.346 e. The molecular formula is C15H23NO3. The summed E-state index contributed by atoms with van der Waals surface area (Å²) in [6, 6.07) is 8.26. The summed E-state index contributed by atoms with van der Waals surface area (Å²) in [7, 11) is 1.35. The fourth-order valence-corrected chi connectivity index (χ4v) is 1.90. The number of ether oxygens (including phenoxy) is 2. The predicted molar refractivity (Wildman–Crippen MR) is 75.4 cm³/mol. The molecule has 1 aromatic rings. The van der Waals surface area contributed by atoms with Gasteiger partial charge in [-0.25, -0.2) is 4.79 Å². The van der Waals surface area contributed by atoms with Crippen LogP contribution in [-0.2, 0) is 16.0 Å². The lowest BCUT2D eigenvalue weighted by Gasteiger charge is -2.14. The Bertz CT molecular complexity index is 389. The van der Waals surface area contributed by atoms with E-state index in [-0.39, 0.29) is 5.97 Å². The van der Waals surface area contributed by atoms with E-state index < -0.39 is 6.10 Å². The third kappa shape index (κ3) is 5.30. The number of carbonyl (C=O) groups excluding carboxylic acids is 1. The van der Waals surface area contributed by atoms with Gasteiger partial charge in [0, 0.05) is 6.04 Å². The first-order valence-electron chi connectivity index (χ1n) is 6.63. The zero-order valence-corrected chi connectivity index (χ0v) is 12.1. The second-order valence-corrected chi connectivity index (χ2v) is 4.59. The SMILES string of the molecule is CCNC(C)Cc1ccc(OC(C)C(=O)OC)cc1. The van der Waals surface area contributed by atoms with Gasteiger partial charge in [-0.3, -0.25) is 0 Å². The number of hydrogen-bond acceptors (Lipinski definition) is 4. The van der Waals surface area contributed by atoms with E-state index in [1.165, 1.54) is 12.7 Å². The summed E-state index contributed by atoms with van der Waals surface area (Å²) in [6.45, 7) is 6.90. The van der Waals surface area contributed by atoms with Crippen LogP contribution in [-0.4, -0.2) is 31.8 Å². The Morgan fingerprint density at radius 3 is 2.42 bits per heavy atom. The Balaban J connectivity index is 2.54. The Labute approximate surface area is 115 Å². The van der Waals surface area contributed by atoms with Gasteiger partial charge in [0.1, 0.15) is 5.75 Å². The van der Waals surface area contributed by atoms with Crippen LogP contribution in [0.15, 0.2) is 24.3 Å². The number of benzene rings is 1. The van der Waals surface area contributed by atoms with Crippen molar-refractivity contribution in [2.45, 2.75) is 39.3 Å². The van der Waals surface area contributed by atoms with Crippen LogP contribution in [0.3, 0.4) is 0 Å². The van der Waals surface area contributed by atoms with Crippen molar-refractivity contribution in [2.75, 3.05) is 13.7 Å². The molecule has 0 aliphatic carbocycles. The summed E-state index contributed by atoms with van der Waals surface area (Å²) in [5.74, 6) is 0.308. The molecule has 2 unspecified atom stereocenters. The Morgan fingerprint density at radius 1 is 1.26 bits per heavy atom. The first kappa shape index (κ1) is 15.5. The van der Waals surface area contributed by atoms with Gasteiger partial charge in [-0.2, -0.15) is 0 Å². The summed E-state index contributed by atoms with van der Waals surface area (Å²) in [5, 5.41) is 3.37. The fourth-order valence-electron chi connectivity index (χ4n) is 1.90. The number of methoxy groups -OCH3 is 1. The molecule has 0 aliphatic heterocycles. The first-order valence-corrected chi connectivity index (χ1v) is 6.63. The van der Waals surface area contributed by atoms with Gasteiger partial charge < -0.3 is 14.8 Å². The molecule has 4 heteroatoms. The molecule has 0 aromatic heterocycles. The standard InChI is InChI=1S/C15H23NO3/c1-5-16-11(2)10-13-6-8-14(9-7-13)19-12(3)15(17)18-4/h6-9,11-12,16H,5,10H2,1-4H3. The molecule has 0 bridgehead atoms. The van der Waals surface area contributed by atoms with Crippen molar-refractivity contribution in [1.29, 1.82) is 0 Å². The van der Waals surface area contributed by atoms with Crippen molar-refractivity contribution in [3.8, 4) is 5.75 Å². The van der Waals surface area contributed by atoms with E-state index in [9.17, 15) is 4.79 Å². The van der Waals surface area contributed by atoms with E-state index in [4.69, 9.17) is 4.74 Å². The quantitative estimate of drug-likeness (QED) is 0.768. The molecule has 0 radical (unpaired) electrons. The zero-order valence-electron chi connectivity index (χ0n) is 12.1. The van der Waals surface area contributed by atoms with E-state index in [1.54, 1.807) is 6.92 Å². The number of likely N-dealkylation sites (N-methyl/N-ethyl adjacent to an activating group) is 1. The molecule has 1 aromatic carbocycles. The second kappa shape index (κ2) is 7.79. The largest absolute Gasteiger partial charge is 0.479 e. The molecule has 0 heterocycles. The van der Waals surface area contributed by atoms with Gasteiger partial charge in [-0.05, 0) is 44.5 Å². The molecule has 1 rings (SSSR count). The van der Waals surface area contributed by atoms with E-state index in [2.05, 4.69) is 23.9 Å². The molecule has 0 aliphatic rings. The molecule has 106 valence electrons. The van der Waals surface area contributed by atoms with Crippen LogP contribution < -0.4 is 10.1 Å². The van der Waals surface area contributed by atoms with E-state index in [0.717, 1.165) is 13.0 Å². The number of carbonyl (C=O) groups is 1. The predicted octanol–water partition coefficient (Wildman–Crippen LogP) is 2.17. The molecule has 19 heavy (non-hydrogen) atoms. The topological polar surface area (TPSA) is 47.6 Å². The van der Waals surface area contributed by atoms with Crippen molar-refractivity contribution in [3.63, 3.8) is 0 Å². The molecule has 1 N–H and O–H groups in total. The van der Waals surface area contributed by atoms with Crippen LogP contribution >= 0.6 is 0 Å². The monoisotopic (exact) mass is 265 g/mol. The Morgan fingerprint density at radius 2 is 1.89 bits per heavy atom. The van der Waals surface area contributed by atoms with E-state index in [1.807, 2.05) is 24.3 Å². The Hall–Kier alpha value is -1.55. The highest BCUT2D eigenvalue weighted by Gasteiger charge is 2.14. The summed E-state index contributed by atoms with van der Waals surface area (Å²) >= 11 is 0. The van der Waals surface area contributed by atoms with Crippen LogP contribution in [0.1, 0.15) is 26.3 Å². The van der Waals surface area contributed by atoms with Gasteiger partial charge in [0.2, 0.25) is 0 Å². The lowest BCUT2D eigenvalue weighted by atomic mass is 10.1. The molecule has 0 saturated carbocycles. The van der Waals surface area contributed by atoms with Gasteiger partial charge in [-0.1, -0.05) is 19.1 Å². The van der Waals surface area contributed by atoms with Gasteiger partial charge in [0.05, 0.1) is 7.11 Å². The number of esters is 1. The van der Waals surface area contributed by atoms with Crippen LogP contribution in [0.4, 0.5) is 0 Å². The highest BCUT2D eigenvalue weighted by atomic mass is 16.6. The lowest BCUT2D eigenvalue weighted by Crippen LogP contribution is -2.27. The van der Waals surface area contributed by atoms with E-state index in [0.29, 0.717) is 11.8 Å². The van der Waals surface area contributed by atoms with Gasteiger partial charge in [0.25, 0.3) is 0 Å². The maximum atomic E-state index is 11.2. The molecule has 0 amide bonds. The number of hydrogen-bond donors (Lipinski definition) is 1. The average molecular weight is 265 g/mol. The fraction of sp³-hybridized carbons (Fsp3) is 0.533. The molecule has 0 fully saturated rings. The molecular weight excluding hydrogens is 242 g/mol. The second-order valence-electron chi connectivity index (χ2n) is 4.59. The van der Waals surface area contributed by atoms with Crippen molar-refractivity contribution in [3.05, 3.63) is 29.8 Å². The summed E-state index contributed by atoms with van der Waals surface area (Å²) < 4.78 is 10.1. The van der Waals surface area contributed by atoms with Crippen LogP contribution in [0, 0.1) is 0 Å². The Kier molecular flexibility index (Phi) is 6.36. The minimum Gasteiger partial charge on any atom is -0.479 e. The third-order valence-electron chi connectivity index (χ3n) is 2.86. The third-order valence-corrected chi connectivity index (χ3v) is 2.86. The van der Waals surface area contributed by atoms with Crippen LogP contribution in [0.5, 0.6) is 5.75 Å². The summed E-state index contributed by atoms with van der Waals surface area (Å²) in [5.41, 5.74) is 1.24. The molecule has 4 nitrogen and oxygen atoms in total. The highest BCUT2D eigenvalue weighted by Crippen LogP contribution is 2.15. The zero-order chi connectivity index (χ0) is 14.3. The van der Waals surface area contributed by atoms with Crippen LogP contribution in [0.25, 0.3) is 0 Å². The molecule has 2 atom stereocenters. The van der Waals surface area contributed by atoms with Gasteiger partial charge >= 0.3 is 5.97 Å². The first-order chi connectivity index (χ1) is 9.06. The van der Waals surface area contributed by atoms with Crippen molar-refractivity contribution < 1.29 is 14.3 Å². The van der Waals surface area contributed by atoms with Gasteiger partial charge in [0.15, 0.2) is 6.10 Å². The average Bonchev–Trinajstić information content (AvgIpc) is 2.40. The maximum absolute atomic E-state index is 11.2. The highest BCUT2D eigenvalue weighted by molar-refractivity contribution is 5.74. The van der Waals surface area contributed by atoms with Crippen molar-refractivity contribution in [2.24, 2.45) is 0 Å². The minimum absolute atomic E-state index is 0.371. The lowest BCUT2D eigenvalue weighted by molar-refractivity contribution is -0.147. The number of nitrogens with one attached hydrogen (secondary N) is 1. The summed E-state index contributed by atoms with van der Waals surface area (Å²) in [6.07, 6.45) is 0.386. The molecule has 0 spiro atoms. The molecule has 0 saturated heterocycles. The smallest absolute Gasteiger partial charge is 0.346 e. The normalized spacial score (nSPS) is 13.7.